The second-order valence-electron chi connectivity index (χ2n) is 6.75. The van der Waals surface area contributed by atoms with Crippen LogP contribution in [0.15, 0.2) is 59.1 Å². The first-order chi connectivity index (χ1) is 14.8. The quantitative estimate of drug-likeness (QED) is 0.482. The number of hydrogen-bond acceptors (Lipinski definition) is 8. The van der Waals surface area contributed by atoms with Crippen molar-refractivity contribution in [2.45, 2.75) is 25.9 Å². The van der Waals surface area contributed by atoms with Crippen LogP contribution in [0.3, 0.4) is 0 Å². The predicted molar refractivity (Wildman–Crippen MR) is 105 cm³/mol. The molecule has 0 unspecified atom stereocenters. The van der Waals surface area contributed by atoms with Gasteiger partial charge in [-0.15, -0.1) is 5.10 Å². The highest BCUT2D eigenvalue weighted by molar-refractivity contribution is 5.51. The molecule has 2 aromatic heterocycles. The molecule has 0 amide bonds. The van der Waals surface area contributed by atoms with E-state index in [0.717, 1.165) is 22.8 Å². The molecular formula is C21H19N5O4. The lowest BCUT2D eigenvalue weighted by Crippen LogP contribution is -2.22. The molecule has 0 radical (unpaired) electrons. The van der Waals surface area contributed by atoms with E-state index in [0.29, 0.717) is 30.6 Å². The summed E-state index contributed by atoms with van der Waals surface area (Å²) in [5.41, 5.74) is 2.42. The van der Waals surface area contributed by atoms with E-state index in [1.165, 1.54) is 0 Å². The molecule has 0 saturated carbocycles. The highest BCUT2D eigenvalue weighted by Crippen LogP contribution is 2.30. The molecule has 4 aromatic rings. The highest BCUT2D eigenvalue weighted by atomic mass is 16.5. The Morgan fingerprint density at radius 3 is 2.70 bits per heavy atom. The maximum Gasteiger partial charge on any atom is 0.264 e. The fraction of sp³-hybridized carbons (Fsp3) is 0.238. The predicted octanol–water partition coefficient (Wildman–Crippen LogP) is 3.19. The Balaban J connectivity index is 1.29. The average Bonchev–Trinajstić information content (AvgIpc) is 3.45. The van der Waals surface area contributed by atoms with Crippen LogP contribution in [0.1, 0.15) is 23.3 Å². The normalized spacial score (nSPS) is 15.6. The van der Waals surface area contributed by atoms with Gasteiger partial charge in [0.15, 0.2) is 12.3 Å². The minimum atomic E-state index is -0.113. The molecule has 1 aliphatic heterocycles. The van der Waals surface area contributed by atoms with Crippen molar-refractivity contribution >= 4 is 0 Å². The van der Waals surface area contributed by atoms with E-state index in [1.807, 2.05) is 59.3 Å². The lowest BCUT2D eigenvalue weighted by molar-refractivity contribution is -0.00114. The second kappa shape index (κ2) is 7.96. The molecule has 152 valence electrons. The summed E-state index contributed by atoms with van der Waals surface area (Å²) in [6.07, 6.45) is -0.113. The summed E-state index contributed by atoms with van der Waals surface area (Å²) in [5, 5.41) is 12.5. The third kappa shape index (κ3) is 3.62. The van der Waals surface area contributed by atoms with Crippen LogP contribution in [-0.2, 0) is 24.5 Å². The Morgan fingerprint density at radius 2 is 1.90 bits per heavy atom. The Morgan fingerprint density at radius 1 is 1.07 bits per heavy atom. The second-order valence-corrected chi connectivity index (χ2v) is 6.75. The van der Waals surface area contributed by atoms with Crippen LogP contribution in [0.4, 0.5) is 0 Å². The van der Waals surface area contributed by atoms with E-state index in [9.17, 15) is 0 Å². The third-order valence-corrected chi connectivity index (χ3v) is 4.87. The standard InChI is InChI=1S/C21H19N5O4/c1-27-15-9-7-14(8-10-15)18-11-26-17(12-29-18)20(23-25-26)21-22-19(30-24-21)13-28-16-5-3-2-4-6-16/h2-10,18H,11-13H2,1H3/t18-/m0/s1. The monoisotopic (exact) mass is 405 g/mol. The number of hydrogen-bond donors (Lipinski definition) is 0. The van der Waals surface area contributed by atoms with Crippen molar-refractivity contribution in [3.05, 3.63) is 71.7 Å². The fourth-order valence-corrected chi connectivity index (χ4v) is 3.28. The number of nitrogens with zero attached hydrogens (tertiary/aromatic N) is 5. The van der Waals surface area contributed by atoms with Crippen LogP contribution in [0.5, 0.6) is 11.5 Å². The number of ether oxygens (including phenoxy) is 3. The van der Waals surface area contributed by atoms with Gasteiger partial charge in [0.1, 0.15) is 17.6 Å². The number of fused-ring (bicyclic) bond motifs is 1. The first-order valence-electron chi connectivity index (χ1n) is 9.49. The first-order valence-corrected chi connectivity index (χ1v) is 9.49. The Hall–Kier alpha value is -3.72. The summed E-state index contributed by atoms with van der Waals surface area (Å²) in [5.74, 6) is 2.27. The van der Waals surface area contributed by atoms with Crippen LogP contribution < -0.4 is 9.47 Å². The van der Waals surface area contributed by atoms with Crippen LogP contribution in [0.2, 0.25) is 0 Å². The van der Waals surface area contributed by atoms with E-state index >= 15 is 0 Å². The molecule has 0 saturated heterocycles. The molecule has 1 atom stereocenters. The summed E-state index contributed by atoms with van der Waals surface area (Å²) in [4.78, 5) is 4.38. The molecule has 0 fully saturated rings. The molecule has 3 heterocycles. The maximum atomic E-state index is 6.04. The van der Waals surface area contributed by atoms with Gasteiger partial charge in [-0.05, 0) is 29.8 Å². The molecule has 1 aliphatic rings. The number of para-hydroxylation sites is 1. The van der Waals surface area contributed by atoms with Gasteiger partial charge in [-0.25, -0.2) is 4.68 Å². The summed E-state index contributed by atoms with van der Waals surface area (Å²) in [7, 11) is 1.65. The van der Waals surface area contributed by atoms with Gasteiger partial charge in [-0.3, -0.25) is 0 Å². The number of aromatic nitrogens is 5. The summed E-state index contributed by atoms with van der Waals surface area (Å²) in [6, 6.07) is 17.3. The van der Waals surface area contributed by atoms with E-state index < -0.39 is 0 Å². The van der Waals surface area contributed by atoms with Crippen molar-refractivity contribution in [1.29, 1.82) is 0 Å². The zero-order valence-corrected chi connectivity index (χ0v) is 16.3. The average molecular weight is 405 g/mol. The lowest BCUT2D eigenvalue weighted by Gasteiger charge is -2.24. The number of rotatable bonds is 6. The third-order valence-electron chi connectivity index (χ3n) is 4.87. The molecule has 9 nitrogen and oxygen atoms in total. The summed E-state index contributed by atoms with van der Waals surface area (Å²) < 4.78 is 24.0. The van der Waals surface area contributed by atoms with Gasteiger partial charge in [0.2, 0.25) is 5.82 Å². The van der Waals surface area contributed by atoms with E-state index in [1.54, 1.807) is 7.11 Å². The molecule has 2 aromatic carbocycles. The van der Waals surface area contributed by atoms with Gasteiger partial charge in [0.05, 0.1) is 26.0 Å². The lowest BCUT2D eigenvalue weighted by atomic mass is 10.1. The Labute approximate surface area is 172 Å². The topological polar surface area (TPSA) is 97.3 Å². The number of benzene rings is 2. The van der Waals surface area contributed by atoms with Crippen LogP contribution in [-0.4, -0.2) is 32.2 Å². The van der Waals surface area contributed by atoms with E-state index in [4.69, 9.17) is 18.7 Å². The van der Waals surface area contributed by atoms with Crippen molar-refractivity contribution < 1.29 is 18.7 Å². The van der Waals surface area contributed by atoms with Gasteiger partial charge in [-0.1, -0.05) is 40.7 Å². The summed E-state index contributed by atoms with van der Waals surface area (Å²) in [6.45, 7) is 1.08. The van der Waals surface area contributed by atoms with Crippen LogP contribution >= 0.6 is 0 Å². The Bertz CT molecular complexity index is 1120. The molecule has 5 rings (SSSR count). The highest BCUT2D eigenvalue weighted by Gasteiger charge is 2.27. The van der Waals surface area contributed by atoms with Crippen molar-refractivity contribution in [3.63, 3.8) is 0 Å². The molecule has 0 aliphatic carbocycles. The van der Waals surface area contributed by atoms with E-state index in [-0.39, 0.29) is 12.7 Å². The smallest absolute Gasteiger partial charge is 0.264 e. The molecule has 9 heteroatoms. The SMILES string of the molecule is COc1ccc([C@@H]2Cn3nnc(-c4noc(COc5ccccc5)n4)c3CO2)cc1. The van der Waals surface area contributed by atoms with Crippen LogP contribution in [0, 0.1) is 0 Å². The first kappa shape index (κ1) is 18.3. The van der Waals surface area contributed by atoms with E-state index in [2.05, 4.69) is 20.5 Å². The van der Waals surface area contributed by atoms with Gasteiger partial charge in [0, 0.05) is 0 Å². The molecule has 0 N–H and O–H groups in total. The van der Waals surface area contributed by atoms with Gasteiger partial charge >= 0.3 is 0 Å². The zero-order chi connectivity index (χ0) is 20.3. The molecule has 0 bridgehead atoms. The summed E-state index contributed by atoms with van der Waals surface area (Å²) >= 11 is 0. The zero-order valence-electron chi connectivity index (χ0n) is 16.3. The van der Waals surface area contributed by atoms with Gasteiger partial charge < -0.3 is 18.7 Å². The minimum Gasteiger partial charge on any atom is -0.497 e. The van der Waals surface area contributed by atoms with Crippen molar-refractivity contribution in [2.24, 2.45) is 0 Å². The van der Waals surface area contributed by atoms with Crippen molar-refractivity contribution in [1.82, 2.24) is 25.1 Å². The fourth-order valence-electron chi connectivity index (χ4n) is 3.28. The molecule has 30 heavy (non-hydrogen) atoms. The van der Waals surface area contributed by atoms with Gasteiger partial charge in [0.25, 0.3) is 5.89 Å². The molecular weight excluding hydrogens is 386 g/mol. The van der Waals surface area contributed by atoms with Crippen LogP contribution in [0.25, 0.3) is 11.5 Å². The largest absolute Gasteiger partial charge is 0.497 e. The maximum absolute atomic E-state index is 6.04. The van der Waals surface area contributed by atoms with Crippen molar-refractivity contribution in [2.75, 3.05) is 7.11 Å². The number of methoxy groups -OCH3 is 1. The van der Waals surface area contributed by atoms with Crippen molar-refractivity contribution in [3.8, 4) is 23.0 Å². The van der Waals surface area contributed by atoms with Gasteiger partial charge in [-0.2, -0.15) is 4.98 Å². The Kier molecular flexibility index (Phi) is 4.86. The minimum absolute atomic E-state index is 0.113. The molecule has 0 spiro atoms.